The summed E-state index contributed by atoms with van der Waals surface area (Å²) in [5, 5.41) is -0.910. The minimum absolute atomic E-state index is 0.0223. The van der Waals surface area contributed by atoms with Gasteiger partial charge in [-0.15, -0.1) is 0 Å². The molecular weight excluding hydrogens is 294 g/mol. The predicted molar refractivity (Wildman–Crippen MR) is 69.8 cm³/mol. The van der Waals surface area contributed by atoms with Crippen molar-refractivity contribution in [1.82, 2.24) is 4.31 Å². The van der Waals surface area contributed by atoms with Crippen LogP contribution in [0.1, 0.15) is 13.3 Å². The summed E-state index contributed by atoms with van der Waals surface area (Å²) in [6, 6.07) is 0. The molecule has 0 aliphatic carbocycles. The normalized spacial score (nSPS) is 24.3. The fourth-order valence-corrected chi connectivity index (χ4v) is 6.37. The van der Waals surface area contributed by atoms with E-state index in [1.807, 2.05) is 0 Å². The second-order valence-electron chi connectivity index (χ2n) is 4.77. The average Bonchev–Trinajstić information content (AvgIpc) is 2.68. The number of methoxy groups -OCH3 is 1. The van der Waals surface area contributed by atoms with Crippen molar-refractivity contribution in [3.8, 4) is 0 Å². The molecule has 112 valence electrons. The molecule has 0 bridgehead atoms. The lowest BCUT2D eigenvalue weighted by Crippen LogP contribution is -2.40. The van der Waals surface area contributed by atoms with Gasteiger partial charge in [0.2, 0.25) is 10.0 Å². The summed E-state index contributed by atoms with van der Waals surface area (Å²) >= 11 is 0. The molecule has 19 heavy (non-hydrogen) atoms. The van der Waals surface area contributed by atoms with Gasteiger partial charge in [0.1, 0.15) is 0 Å². The van der Waals surface area contributed by atoms with E-state index in [4.69, 9.17) is 0 Å². The molecule has 0 radical (unpaired) electrons. The number of esters is 1. The predicted octanol–water partition coefficient (Wildman–Crippen LogP) is -0.756. The van der Waals surface area contributed by atoms with Gasteiger partial charge < -0.3 is 4.74 Å². The van der Waals surface area contributed by atoms with E-state index < -0.39 is 37.0 Å². The highest BCUT2D eigenvalue weighted by Gasteiger charge is 2.39. The van der Waals surface area contributed by atoms with E-state index in [2.05, 4.69) is 4.74 Å². The van der Waals surface area contributed by atoms with E-state index >= 15 is 0 Å². The Kier molecular flexibility index (Phi) is 4.97. The Hall–Kier alpha value is -0.670. The van der Waals surface area contributed by atoms with Crippen LogP contribution in [0.2, 0.25) is 0 Å². The molecule has 0 aromatic rings. The number of hydrogen-bond acceptors (Lipinski definition) is 6. The molecule has 1 aliphatic rings. The lowest BCUT2D eigenvalue weighted by atomic mass is 10.2. The number of sulfonamides is 1. The maximum Gasteiger partial charge on any atom is 0.309 e. The molecule has 1 fully saturated rings. The van der Waals surface area contributed by atoms with Crippen LogP contribution < -0.4 is 0 Å². The van der Waals surface area contributed by atoms with Gasteiger partial charge >= 0.3 is 5.97 Å². The molecule has 0 amide bonds. The maximum absolute atomic E-state index is 12.2. The standard InChI is InChI=1S/C10H19NO6S2/c1-8(10(12)17-3)6-11(2)19(15,16)9-4-5-18(13,14)7-9/h8-9H,4-7H2,1-3H3. The Balaban J connectivity index is 2.76. The molecule has 1 rings (SSSR count). The Bertz CT molecular complexity index is 538. The summed E-state index contributed by atoms with van der Waals surface area (Å²) in [5.74, 6) is -1.53. The largest absolute Gasteiger partial charge is 0.469 e. The average molecular weight is 313 g/mol. The zero-order chi connectivity index (χ0) is 14.8. The van der Waals surface area contributed by atoms with E-state index in [0.717, 1.165) is 4.31 Å². The van der Waals surface area contributed by atoms with Gasteiger partial charge in [0.05, 0.1) is 29.8 Å². The van der Waals surface area contributed by atoms with Crippen molar-refractivity contribution in [3.63, 3.8) is 0 Å². The van der Waals surface area contributed by atoms with E-state index in [1.165, 1.54) is 14.2 Å². The van der Waals surface area contributed by atoms with Gasteiger partial charge in [-0.25, -0.2) is 21.1 Å². The van der Waals surface area contributed by atoms with Crippen LogP contribution in [-0.2, 0) is 29.4 Å². The molecule has 1 aliphatic heterocycles. The van der Waals surface area contributed by atoms with E-state index in [1.54, 1.807) is 6.92 Å². The van der Waals surface area contributed by atoms with Crippen LogP contribution in [-0.4, -0.2) is 64.6 Å². The van der Waals surface area contributed by atoms with Gasteiger partial charge in [-0.3, -0.25) is 4.79 Å². The third kappa shape index (κ3) is 3.90. The first-order chi connectivity index (χ1) is 8.60. The molecule has 0 aromatic heterocycles. The first-order valence-corrected chi connectivity index (χ1v) is 9.16. The minimum atomic E-state index is -3.70. The third-order valence-corrected chi connectivity index (χ3v) is 7.42. The van der Waals surface area contributed by atoms with Crippen LogP contribution in [0.15, 0.2) is 0 Å². The Morgan fingerprint density at radius 1 is 1.47 bits per heavy atom. The molecular formula is C10H19NO6S2. The molecule has 0 aromatic carbocycles. The van der Waals surface area contributed by atoms with Gasteiger partial charge in [0.15, 0.2) is 9.84 Å². The van der Waals surface area contributed by atoms with Crippen molar-refractivity contribution in [2.75, 3.05) is 32.2 Å². The number of carbonyl (C=O) groups is 1. The van der Waals surface area contributed by atoms with Crippen LogP contribution in [0.4, 0.5) is 0 Å². The third-order valence-electron chi connectivity index (χ3n) is 3.18. The van der Waals surface area contributed by atoms with Crippen LogP contribution in [0.25, 0.3) is 0 Å². The smallest absolute Gasteiger partial charge is 0.309 e. The SMILES string of the molecule is COC(=O)C(C)CN(C)S(=O)(=O)C1CCS(=O)(=O)C1. The highest BCUT2D eigenvalue weighted by Crippen LogP contribution is 2.22. The van der Waals surface area contributed by atoms with Gasteiger partial charge in [0, 0.05) is 13.6 Å². The number of hydrogen-bond donors (Lipinski definition) is 0. The van der Waals surface area contributed by atoms with Gasteiger partial charge in [-0.05, 0) is 6.42 Å². The van der Waals surface area contributed by atoms with Crippen LogP contribution in [0.3, 0.4) is 0 Å². The van der Waals surface area contributed by atoms with E-state index in [0.29, 0.717) is 0 Å². The summed E-state index contributed by atoms with van der Waals surface area (Å²) in [4.78, 5) is 11.3. The Morgan fingerprint density at radius 2 is 2.05 bits per heavy atom. The fourth-order valence-electron chi connectivity index (χ4n) is 2.02. The Morgan fingerprint density at radius 3 is 2.47 bits per heavy atom. The van der Waals surface area contributed by atoms with E-state index in [9.17, 15) is 21.6 Å². The fraction of sp³-hybridized carbons (Fsp3) is 0.900. The summed E-state index contributed by atoms with van der Waals surface area (Å²) in [6.07, 6.45) is 0.113. The van der Waals surface area contributed by atoms with Crippen molar-refractivity contribution in [3.05, 3.63) is 0 Å². The molecule has 7 nitrogen and oxygen atoms in total. The first kappa shape index (κ1) is 16.4. The lowest BCUT2D eigenvalue weighted by molar-refractivity contribution is -0.144. The molecule has 0 saturated carbocycles. The zero-order valence-electron chi connectivity index (χ0n) is 11.2. The monoisotopic (exact) mass is 313 g/mol. The molecule has 0 spiro atoms. The minimum Gasteiger partial charge on any atom is -0.469 e. The number of carbonyl (C=O) groups excluding carboxylic acids is 1. The number of sulfone groups is 1. The highest BCUT2D eigenvalue weighted by molar-refractivity contribution is 7.95. The quantitative estimate of drug-likeness (QED) is 0.619. The molecule has 2 atom stereocenters. The molecule has 1 saturated heterocycles. The molecule has 9 heteroatoms. The van der Waals surface area contributed by atoms with Crippen LogP contribution in [0, 0.1) is 5.92 Å². The van der Waals surface area contributed by atoms with Crippen molar-refractivity contribution < 1.29 is 26.4 Å². The summed E-state index contributed by atoms with van der Waals surface area (Å²) in [5.41, 5.74) is 0. The lowest BCUT2D eigenvalue weighted by Gasteiger charge is -2.22. The van der Waals surface area contributed by atoms with Crippen molar-refractivity contribution in [1.29, 1.82) is 0 Å². The van der Waals surface area contributed by atoms with E-state index in [-0.39, 0.29) is 24.5 Å². The maximum atomic E-state index is 12.2. The topological polar surface area (TPSA) is 97.8 Å². The Labute approximate surface area is 113 Å². The van der Waals surface area contributed by atoms with Gasteiger partial charge in [0.25, 0.3) is 0 Å². The van der Waals surface area contributed by atoms with Crippen LogP contribution in [0.5, 0.6) is 0 Å². The molecule has 2 unspecified atom stereocenters. The molecule has 0 N–H and O–H groups in total. The number of rotatable bonds is 5. The summed E-state index contributed by atoms with van der Waals surface area (Å²) in [6.45, 7) is 1.54. The zero-order valence-corrected chi connectivity index (χ0v) is 12.8. The van der Waals surface area contributed by atoms with Crippen LogP contribution >= 0.6 is 0 Å². The highest BCUT2D eigenvalue weighted by atomic mass is 32.2. The summed E-state index contributed by atoms with van der Waals surface area (Å²) in [7, 11) is -4.38. The number of nitrogens with zero attached hydrogens (tertiary/aromatic N) is 1. The second kappa shape index (κ2) is 5.76. The van der Waals surface area contributed by atoms with Crippen molar-refractivity contribution >= 4 is 25.8 Å². The van der Waals surface area contributed by atoms with Crippen molar-refractivity contribution in [2.24, 2.45) is 5.92 Å². The van der Waals surface area contributed by atoms with Gasteiger partial charge in [-0.2, -0.15) is 0 Å². The molecule has 1 heterocycles. The second-order valence-corrected chi connectivity index (χ2v) is 9.32. The summed E-state index contributed by atoms with van der Waals surface area (Å²) < 4.78 is 52.6. The van der Waals surface area contributed by atoms with Gasteiger partial charge in [-0.1, -0.05) is 6.92 Å². The first-order valence-electron chi connectivity index (χ1n) is 5.83. The van der Waals surface area contributed by atoms with Crippen molar-refractivity contribution in [2.45, 2.75) is 18.6 Å². The number of ether oxygens (including phenoxy) is 1.